The Kier molecular flexibility index (Phi) is 5.30. The van der Waals surface area contributed by atoms with Gasteiger partial charge in [0.1, 0.15) is 12.0 Å². The second-order valence-corrected chi connectivity index (χ2v) is 5.65. The van der Waals surface area contributed by atoms with Crippen LogP contribution in [0.3, 0.4) is 0 Å². The van der Waals surface area contributed by atoms with Gasteiger partial charge in [0.25, 0.3) is 0 Å². The molecule has 0 saturated heterocycles. The highest BCUT2D eigenvalue weighted by atomic mass is 35.5. The van der Waals surface area contributed by atoms with Gasteiger partial charge in [-0.15, -0.1) is 0 Å². The maximum Gasteiger partial charge on any atom is 0.310 e. The fraction of sp³-hybridized carbons (Fsp3) is 0.500. The number of nitrogens with one attached hydrogen (secondary N) is 1. The molecule has 20 heavy (non-hydrogen) atoms. The lowest BCUT2D eigenvalue weighted by Gasteiger charge is -2.28. The number of rotatable bonds is 5. The molecule has 8 heteroatoms. The SMILES string of the molecule is CC(C)C(C)(CC(=O)Nc1c(Cl)ncnc1Cl)C(=O)O. The summed E-state index contributed by atoms with van der Waals surface area (Å²) in [5.74, 6) is -1.77. The molecule has 0 aliphatic heterocycles. The first kappa shape index (κ1) is 16.7. The first-order valence-electron chi connectivity index (χ1n) is 5.87. The van der Waals surface area contributed by atoms with Gasteiger partial charge in [0, 0.05) is 6.42 Å². The number of halogens is 2. The normalized spacial score (nSPS) is 13.9. The molecule has 1 amide bonds. The van der Waals surface area contributed by atoms with Crippen molar-refractivity contribution in [2.45, 2.75) is 27.2 Å². The third kappa shape index (κ3) is 3.58. The van der Waals surface area contributed by atoms with Gasteiger partial charge in [0.05, 0.1) is 5.41 Å². The fourth-order valence-electron chi connectivity index (χ4n) is 1.49. The Morgan fingerprint density at radius 1 is 1.35 bits per heavy atom. The number of amides is 1. The van der Waals surface area contributed by atoms with Gasteiger partial charge in [-0.05, 0) is 12.8 Å². The second-order valence-electron chi connectivity index (χ2n) is 4.93. The molecule has 0 bridgehead atoms. The van der Waals surface area contributed by atoms with Crippen molar-refractivity contribution in [3.8, 4) is 0 Å². The topological polar surface area (TPSA) is 92.2 Å². The molecule has 0 fully saturated rings. The van der Waals surface area contributed by atoms with Crippen LogP contribution in [0.25, 0.3) is 0 Å². The van der Waals surface area contributed by atoms with Crippen LogP contribution in [0.1, 0.15) is 27.2 Å². The van der Waals surface area contributed by atoms with E-state index in [2.05, 4.69) is 15.3 Å². The summed E-state index contributed by atoms with van der Waals surface area (Å²) in [5.41, 5.74) is -1.10. The van der Waals surface area contributed by atoms with Crippen LogP contribution in [0, 0.1) is 11.3 Å². The van der Waals surface area contributed by atoms with E-state index in [1.807, 2.05) is 0 Å². The molecule has 1 aromatic rings. The molecule has 1 rings (SSSR count). The lowest BCUT2D eigenvalue weighted by Crippen LogP contribution is -2.37. The highest BCUT2D eigenvalue weighted by Gasteiger charge is 2.39. The number of carbonyl (C=O) groups excluding carboxylic acids is 1. The Labute approximate surface area is 126 Å². The number of carbonyl (C=O) groups is 2. The van der Waals surface area contributed by atoms with Gasteiger partial charge >= 0.3 is 5.97 Å². The first-order valence-corrected chi connectivity index (χ1v) is 6.63. The Morgan fingerprint density at radius 2 is 1.85 bits per heavy atom. The summed E-state index contributed by atoms with van der Waals surface area (Å²) in [7, 11) is 0. The predicted octanol–water partition coefficient (Wildman–Crippen LogP) is 2.86. The fourth-order valence-corrected chi connectivity index (χ4v) is 1.90. The smallest absolute Gasteiger partial charge is 0.310 e. The minimum absolute atomic E-state index is 0.0000694. The molecular weight excluding hydrogens is 305 g/mol. The van der Waals surface area contributed by atoms with E-state index in [4.69, 9.17) is 23.2 Å². The van der Waals surface area contributed by atoms with Gasteiger partial charge in [-0.25, -0.2) is 9.97 Å². The highest BCUT2D eigenvalue weighted by molar-refractivity contribution is 6.38. The van der Waals surface area contributed by atoms with Gasteiger partial charge in [0.15, 0.2) is 10.3 Å². The van der Waals surface area contributed by atoms with Crippen LogP contribution >= 0.6 is 23.2 Å². The number of carboxylic acids is 1. The number of aliphatic carboxylic acids is 1. The van der Waals surface area contributed by atoms with Crippen LogP contribution in [0.4, 0.5) is 5.69 Å². The first-order chi connectivity index (χ1) is 9.18. The van der Waals surface area contributed by atoms with Crippen molar-refractivity contribution in [3.05, 3.63) is 16.6 Å². The monoisotopic (exact) mass is 319 g/mol. The molecule has 110 valence electrons. The molecular formula is C12H15Cl2N3O3. The quantitative estimate of drug-likeness (QED) is 0.814. The summed E-state index contributed by atoms with van der Waals surface area (Å²) < 4.78 is 0. The highest BCUT2D eigenvalue weighted by Crippen LogP contribution is 2.33. The molecule has 1 heterocycles. The van der Waals surface area contributed by atoms with Crippen LogP contribution < -0.4 is 5.32 Å². The lowest BCUT2D eigenvalue weighted by atomic mass is 9.76. The molecule has 0 aliphatic carbocycles. The summed E-state index contributed by atoms with van der Waals surface area (Å²) in [6.45, 7) is 5.00. The summed E-state index contributed by atoms with van der Waals surface area (Å²) in [6.07, 6.45) is 0.956. The maximum atomic E-state index is 12.0. The summed E-state index contributed by atoms with van der Waals surface area (Å²) in [5, 5.41) is 11.7. The van der Waals surface area contributed by atoms with Crippen molar-refractivity contribution in [3.63, 3.8) is 0 Å². The largest absolute Gasteiger partial charge is 0.481 e. The molecule has 6 nitrogen and oxygen atoms in total. The van der Waals surface area contributed by atoms with E-state index in [0.717, 1.165) is 6.33 Å². The zero-order chi connectivity index (χ0) is 15.5. The van der Waals surface area contributed by atoms with Crippen LogP contribution in [-0.4, -0.2) is 27.0 Å². The Bertz CT molecular complexity index is 516. The average molecular weight is 320 g/mol. The van der Waals surface area contributed by atoms with Crippen molar-refractivity contribution in [2.24, 2.45) is 11.3 Å². The minimum Gasteiger partial charge on any atom is -0.481 e. The van der Waals surface area contributed by atoms with Crippen LogP contribution in [-0.2, 0) is 9.59 Å². The molecule has 1 unspecified atom stereocenters. The van der Waals surface area contributed by atoms with Crippen LogP contribution in [0.5, 0.6) is 0 Å². The van der Waals surface area contributed by atoms with Gasteiger partial charge in [0.2, 0.25) is 5.91 Å². The number of hydrogen-bond acceptors (Lipinski definition) is 4. The minimum atomic E-state index is -1.18. The summed E-state index contributed by atoms with van der Waals surface area (Å²) in [6, 6.07) is 0. The molecule has 0 saturated carbocycles. The third-order valence-corrected chi connectivity index (χ3v) is 3.88. The summed E-state index contributed by atoms with van der Waals surface area (Å²) >= 11 is 11.6. The third-order valence-electron chi connectivity index (χ3n) is 3.31. The molecule has 0 spiro atoms. The maximum absolute atomic E-state index is 12.0. The van der Waals surface area contributed by atoms with E-state index >= 15 is 0 Å². The van der Waals surface area contributed by atoms with Crippen molar-refractivity contribution < 1.29 is 14.7 Å². The zero-order valence-electron chi connectivity index (χ0n) is 11.3. The van der Waals surface area contributed by atoms with Crippen molar-refractivity contribution in [2.75, 3.05) is 5.32 Å². The number of anilines is 1. The van der Waals surface area contributed by atoms with Crippen LogP contribution in [0.2, 0.25) is 10.3 Å². The van der Waals surface area contributed by atoms with Gasteiger partial charge in [-0.3, -0.25) is 9.59 Å². The Balaban J connectivity index is 2.90. The van der Waals surface area contributed by atoms with Crippen molar-refractivity contribution >= 4 is 40.8 Å². The van der Waals surface area contributed by atoms with Gasteiger partial charge in [-0.1, -0.05) is 37.0 Å². The number of nitrogens with zero attached hydrogens (tertiary/aromatic N) is 2. The van der Waals surface area contributed by atoms with Crippen molar-refractivity contribution in [1.29, 1.82) is 0 Å². The molecule has 1 atom stereocenters. The molecule has 1 aromatic heterocycles. The van der Waals surface area contributed by atoms with E-state index < -0.39 is 17.3 Å². The standard InChI is InChI=1S/C12H15Cl2N3O3/c1-6(2)12(3,11(19)20)4-7(18)17-8-9(13)15-5-16-10(8)14/h5-6H,4H2,1-3H3,(H,17,18)(H,19,20). The Morgan fingerprint density at radius 3 is 2.25 bits per heavy atom. The summed E-state index contributed by atoms with van der Waals surface area (Å²) in [4.78, 5) is 30.7. The predicted molar refractivity (Wildman–Crippen MR) is 75.9 cm³/mol. The van der Waals surface area contributed by atoms with Gasteiger partial charge in [-0.2, -0.15) is 0 Å². The van der Waals surface area contributed by atoms with E-state index in [0.29, 0.717) is 0 Å². The molecule has 0 aromatic carbocycles. The van der Waals surface area contributed by atoms with Crippen molar-refractivity contribution in [1.82, 2.24) is 9.97 Å². The van der Waals surface area contributed by atoms with E-state index in [9.17, 15) is 14.7 Å². The molecule has 0 aliphatic rings. The van der Waals surface area contributed by atoms with E-state index in [1.54, 1.807) is 13.8 Å². The number of aromatic nitrogens is 2. The molecule has 0 radical (unpaired) electrons. The van der Waals surface area contributed by atoms with Crippen LogP contribution in [0.15, 0.2) is 6.33 Å². The second kappa shape index (κ2) is 6.37. The zero-order valence-corrected chi connectivity index (χ0v) is 12.8. The van der Waals surface area contributed by atoms with Gasteiger partial charge < -0.3 is 10.4 Å². The van der Waals surface area contributed by atoms with E-state index in [1.165, 1.54) is 6.92 Å². The van der Waals surface area contributed by atoms with E-state index in [-0.39, 0.29) is 28.3 Å². The number of carboxylic acid groups (broad SMARTS) is 1. The Hall–Kier alpha value is -1.40. The molecule has 2 N–H and O–H groups in total. The number of hydrogen-bond donors (Lipinski definition) is 2. The lowest BCUT2D eigenvalue weighted by molar-refractivity contribution is -0.153. The average Bonchev–Trinajstić information content (AvgIpc) is 2.33.